The molecular formula is C10H20ClNO2S. The van der Waals surface area contributed by atoms with Crippen molar-refractivity contribution in [3.05, 3.63) is 0 Å². The minimum Gasteiger partial charge on any atom is -0.212 e. The van der Waals surface area contributed by atoms with Crippen LogP contribution in [-0.4, -0.2) is 25.6 Å². The highest BCUT2D eigenvalue weighted by Gasteiger charge is 2.30. The van der Waals surface area contributed by atoms with Gasteiger partial charge >= 0.3 is 0 Å². The van der Waals surface area contributed by atoms with E-state index in [2.05, 4.69) is 4.72 Å². The molecule has 0 bridgehead atoms. The first-order valence-corrected chi connectivity index (χ1v) is 7.43. The van der Waals surface area contributed by atoms with Gasteiger partial charge in [0, 0.05) is 11.4 Å². The molecule has 1 rings (SSSR count). The Bertz CT molecular complexity index is 308. The summed E-state index contributed by atoms with van der Waals surface area (Å²) in [5, 5.41) is -0.0419. The number of sulfonamides is 1. The molecule has 90 valence electrons. The van der Waals surface area contributed by atoms with Crippen LogP contribution in [0, 0.1) is 5.41 Å². The average molecular weight is 254 g/mol. The molecule has 1 saturated carbocycles. The van der Waals surface area contributed by atoms with Crippen molar-refractivity contribution < 1.29 is 8.42 Å². The fourth-order valence-electron chi connectivity index (χ4n) is 1.89. The number of rotatable bonds is 3. The van der Waals surface area contributed by atoms with E-state index in [9.17, 15) is 8.42 Å². The van der Waals surface area contributed by atoms with Gasteiger partial charge in [-0.15, -0.1) is 11.6 Å². The molecule has 3 nitrogen and oxygen atoms in total. The van der Waals surface area contributed by atoms with Gasteiger partial charge in [0.1, 0.15) is 0 Å². The van der Waals surface area contributed by atoms with Gasteiger partial charge in [0.2, 0.25) is 10.0 Å². The Balaban J connectivity index is 2.57. The van der Waals surface area contributed by atoms with Crippen LogP contribution in [0.2, 0.25) is 0 Å². The second kappa shape index (κ2) is 4.60. The molecule has 15 heavy (non-hydrogen) atoms. The van der Waals surface area contributed by atoms with Crippen molar-refractivity contribution in [2.45, 2.75) is 51.5 Å². The summed E-state index contributed by atoms with van der Waals surface area (Å²) in [7, 11) is -3.19. The van der Waals surface area contributed by atoms with Crippen molar-refractivity contribution in [2.24, 2.45) is 5.41 Å². The van der Waals surface area contributed by atoms with Crippen LogP contribution < -0.4 is 4.72 Å². The van der Waals surface area contributed by atoms with E-state index in [1.165, 1.54) is 0 Å². The number of alkyl halides is 1. The summed E-state index contributed by atoms with van der Waals surface area (Å²) in [6.45, 7) is 5.75. The third kappa shape index (κ3) is 4.70. The molecule has 0 radical (unpaired) electrons. The van der Waals surface area contributed by atoms with E-state index in [0.717, 1.165) is 19.3 Å². The monoisotopic (exact) mass is 253 g/mol. The molecule has 2 unspecified atom stereocenters. The van der Waals surface area contributed by atoms with Crippen LogP contribution >= 0.6 is 11.6 Å². The van der Waals surface area contributed by atoms with Crippen LogP contribution in [0.5, 0.6) is 0 Å². The van der Waals surface area contributed by atoms with Crippen molar-refractivity contribution in [3.8, 4) is 0 Å². The number of hydrogen-bond donors (Lipinski definition) is 1. The second-order valence-corrected chi connectivity index (χ2v) is 7.81. The van der Waals surface area contributed by atoms with Crippen molar-refractivity contribution in [1.29, 1.82) is 0 Å². The molecule has 0 aromatic carbocycles. The van der Waals surface area contributed by atoms with Crippen molar-refractivity contribution in [1.82, 2.24) is 4.72 Å². The minimum atomic E-state index is -3.19. The number of hydrogen-bond acceptors (Lipinski definition) is 2. The molecule has 0 aliphatic heterocycles. The third-order valence-corrected chi connectivity index (χ3v) is 4.82. The smallest absolute Gasteiger partial charge is 0.212 e. The lowest BCUT2D eigenvalue weighted by molar-refractivity contribution is 0.454. The molecule has 1 fully saturated rings. The summed E-state index contributed by atoms with van der Waals surface area (Å²) in [5.41, 5.74) is -0.216. The SMILES string of the molecule is CC(C)(C)CS(=O)(=O)NC1CCCC1Cl. The van der Waals surface area contributed by atoms with E-state index in [0.29, 0.717) is 0 Å². The molecule has 0 amide bonds. The van der Waals surface area contributed by atoms with Crippen molar-refractivity contribution >= 4 is 21.6 Å². The highest BCUT2D eigenvalue weighted by atomic mass is 35.5. The molecule has 1 aliphatic carbocycles. The third-order valence-electron chi connectivity index (χ3n) is 2.39. The van der Waals surface area contributed by atoms with Gasteiger partial charge in [0.05, 0.1) is 5.75 Å². The van der Waals surface area contributed by atoms with Crippen molar-refractivity contribution in [2.75, 3.05) is 5.75 Å². The Kier molecular flexibility index (Phi) is 4.07. The lowest BCUT2D eigenvalue weighted by Gasteiger charge is -2.21. The van der Waals surface area contributed by atoms with Crippen LogP contribution in [0.1, 0.15) is 40.0 Å². The zero-order valence-electron chi connectivity index (χ0n) is 9.59. The molecule has 2 atom stereocenters. The summed E-state index contributed by atoms with van der Waals surface area (Å²) in [6, 6.07) is -0.0704. The van der Waals surface area contributed by atoms with E-state index in [1.807, 2.05) is 20.8 Å². The van der Waals surface area contributed by atoms with Crippen molar-refractivity contribution in [3.63, 3.8) is 0 Å². The summed E-state index contributed by atoms with van der Waals surface area (Å²) < 4.78 is 26.3. The Morgan fingerprint density at radius 1 is 1.33 bits per heavy atom. The topological polar surface area (TPSA) is 46.2 Å². The summed E-state index contributed by atoms with van der Waals surface area (Å²) in [5.74, 6) is 0.153. The van der Waals surface area contributed by atoms with Crippen LogP contribution in [-0.2, 0) is 10.0 Å². The fraction of sp³-hybridized carbons (Fsp3) is 1.00. The normalized spacial score (nSPS) is 28.3. The zero-order chi connectivity index (χ0) is 11.7. The van der Waals surface area contributed by atoms with Crippen LogP contribution in [0.25, 0.3) is 0 Å². The van der Waals surface area contributed by atoms with Gasteiger partial charge in [-0.1, -0.05) is 27.2 Å². The van der Waals surface area contributed by atoms with Crippen LogP contribution in [0.3, 0.4) is 0 Å². The lowest BCUT2D eigenvalue weighted by atomic mass is 10.0. The Labute approximate surface area is 97.6 Å². The maximum atomic E-state index is 11.8. The Morgan fingerprint density at radius 3 is 2.33 bits per heavy atom. The van der Waals surface area contributed by atoms with Gasteiger partial charge < -0.3 is 0 Å². The summed E-state index contributed by atoms with van der Waals surface area (Å²) in [4.78, 5) is 0. The molecule has 5 heteroatoms. The van der Waals surface area contributed by atoms with Gasteiger partial charge in [-0.2, -0.15) is 0 Å². The van der Waals surface area contributed by atoms with Gasteiger partial charge in [0.25, 0.3) is 0 Å². The largest absolute Gasteiger partial charge is 0.212 e. The molecule has 0 aromatic heterocycles. The standard InChI is InChI=1S/C10H20ClNO2S/c1-10(2,3)7-15(13,14)12-9-6-4-5-8(9)11/h8-9,12H,4-7H2,1-3H3. The van der Waals surface area contributed by atoms with Gasteiger partial charge in [-0.05, 0) is 18.3 Å². The van der Waals surface area contributed by atoms with Crippen LogP contribution in [0.4, 0.5) is 0 Å². The average Bonchev–Trinajstić information content (AvgIpc) is 2.29. The summed E-state index contributed by atoms with van der Waals surface area (Å²) in [6.07, 6.45) is 2.78. The minimum absolute atomic E-state index is 0.0419. The van der Waals surface area contributed by atoms with E-state index in [4.69, 9.17) is 11.6 Å². The first-order chi connectivity index (χ1) is 6.70. The highest BCUT2D eigenvalue weighted by molar-refractivity contribution is 7.89. The highest BCUT2D eigenvalue weighted by Crippen LogP contribution is 2.25. The molecule has 0 heterocycles. The molecule has 0 spiro atoms. The molecule has 1 N–H and O–H groups in total. The maximum Gasteiger partial charge on any atom is 0.212 e. The quantitative estimate of drug-likeness (QED) is 0.783. The Hall–Kier alpha value is 0.200. The number of nitrogens with one attached hydrogen (secondary N) is 1. The number of halogens is 1. The Morgan fingerprint density at radius 2 is 1.93 bits per heavy atom. The van der Waals surface area contributed by atoms with Gasteiger partial charge in [0.15, 0.2) is 0 Å². The lowest BCUT2D eigenvalue weighted by Crippen LogP contribution is -2.41. The molecule has 0 saturated heterocycles. The van der Waals surface area contributed by atoms with E-state index < -0.39 is 10.0 Å². The fourth-order valence-corrected chi connectivity index (χ4v) is 4.27. The van der Waals surface area contributed by atoms with E-state index in [-0.39, 0.29) is 22.6 Å². The van der Waals surface area contributed by atoms with Crippen LogP contribution in [0.15, 0.2) is 0 Å². The van der Waals surface area contributed by atoms with E-state index >= 15 is 0 Å². The second-order valence-electron chi connectivity index (χ2n) is 5.49. The van der Waals surface area contributed by atoms with Gasteiger partial charge in [-0.3, -0.25) is 0 Å². The first-order valence-electron chi connectivity index (χ1n) is 5.34. The summed E-state index contributed by atoms with van der Waals surface area (Å²) >= 11 is 6.03. The van der Waals surface area contributed by atoms with E-state index in [1.54, 1.807) is 0 Å². The van der Waals surface area contributed by atoms with Gasteiger partial charge in [-0.25, -0.2) is 13.1 Å². The zero-order valence-corrected chi connectivity index (χ0v) is 11.2. The molecular weight excluding hydrogens is 234 g/mol. The molecule has 1 aliphatic rings. The predicted octanol–water partition coefficient (Wildman–Crippen LogP) is 2.11. The maximum absolute atomic E-state index is 11.8. The predicted molar refractivity (Wildman–Crippen MR) is 63.7 cm³/mol. The first kappa shape index (κ1) is 13.3. The molecule has 0 aromatic rings.